The van der Waals surface area contributed by atoms with Gasteiger partial charge in [0.1, 0.15) is 12.6 Å². The maximum Gasteiger partial charge on any atom is 0.322 e. The molecule has 1 unspecified atom stereocenters. The van der Waals surface area contributed by atoms with E-state index in [0.717, 1.165) is 89.9 Å². The van der Waals surface area contributed by atoms with Crippen LogP contribution in [0.4, 0.5) is 0 Å². The predicted molar refractivity (Wildman–Crippen MR) is 235 cm³/mol. The van der Waals surface area contributed by atoms with Gasteiger partial charge in [-0.25, -0.2) is 0 Å². The van der Waals surface area contributed by atoms with Crippen LogP contribution in [0.2, 0.25) is 0 Å². The summed E-state index contributed by atoms with van der Waals surface area (Å²) in [5, 5.41) is 11.1. The lowest BCUT2D eigenvalue weighted by Gasteiger charge is -2.17. The highest BCUT2D eigenvalue weighted by molar-refractivity contribution is 5.80. The van der Waals surface area contributed by atoms with Gasteiger partial charge in [0.05, 0.1) is 0 Å². The fourth-order valence-electron chi connectivity index (χ4n) is 6.86. The Balaban J connectivity index is 4.15. The molecule has 6 nitrogen and oxygen atoms in total. The van der Waals surface area contributed by atoms with Crippen molar-refractivity contribution in [2.24, 2.45) is 0 Å². The van der Waals surface area contributed by atoms with Crippen molar-refractivity contribution in [3.8, 4) is 0 Å². The smallest absolute Gasteiger partial charge is 0.322 e. The molecule has 6 heteroatoms. The molecule has 0 aliphatic heterocycles. The van der Waals surface area contributed by atoms with E-state index < -0.39 is 5.97 Å². The first-order valence-electron chi connectivity index (χ1n) is 23.3. The molecule has 0 fully saturated rings. The Labute approximate surface area is 339 Å². The molecule has 1 atom stereocenters. The van der Waals surface area contributed by atoms with E-state index in [0.29, 0.717) is 12.8 Å². The van der Waals surface area contributed by atoms with Crippen LogP contribution in [0.5, 0.6) is 0 Å². The lowest BCUT2D eigenvalue weighted by atomic mass is 10.0. The minimum atomic E-state index is -1.02. The molecule has 2 N–H and O–H groups in total. The summed E-state index contributed by atoms with van der Waals surface area (Å²) in [5.41, 5.74) is 0. The zero-order valence-corrected chi connectivity index (χ0v) is 36.0. The molecule has 0 aliphatic rings. The molecular formula is C49H87NO5. The molecule has 0 radical (unpaired) electrons. The largest absolute Gasteiger partial charge is 0.480 e. The number of carboxylic acid groups (broad SMARTS) is 1. The van der Waals surface area contributed by atoms with Gasteiger partial charge >= 0.3 is 11.9 Å². The van der Waals surface area contributed by atoms with Crippen LogP contribution in [-0.4, -0.2) is 35.6 Å². The van der Waals surface area contributed by atoms with Crippen LogP contribution in [-0.2, 0) is 19.1 Å². The van der Waals surface area contributed by atoms with Crippen molar-refractivity contribution in [1.29, 1.82) is 0 Å². The highest BCUT2D eigenvalue weighted by atomic mass is 16.5. The van der Waals surface area contributed by atoms with E-state index in [-0.39, 0.29) is 24.5 Å². The number of esters is 1. The fraction of sp³-hybridized carbons (Fsp3) is 0.776. The van der Waals surface area contributed by atoms with E-state index in [2.05, 4.69) is 67.8 Å². The summed E-state index contributed by atoms with van der Waals surface area (Å²) in [4.78, 5) is 35.1. The number of allylic oxidation sites excluding steroid dienone is 8. The van der Waals surface area contributed by atoms with Crippen LogP contribution in [0.15, 0.2) is 48.6 Å². The molecule has 0 bridgehead atoms. The summed E-state index contributed by atoms with van der Waals surface area (Å²) in [7, 11) is 0. The molecule has 1 amide bonds. The van der Waals surface area contributed by atoms with Crippen LogP contribution in [0, 0.1) is 0 Å². The molecule has 0 saturated carbocycles. The minimum absolute atomic E-state index is 0.0495. The van der Waals surface area contributed by atoms with Gasteiger partial charge in [-0.3, -0.25) is 14.4 Å². The van der Waals surface area contributed by atoms with Crippen molar-refractivity contribution >= 4 is 17.8 Å². The number of carboxylic acids is 1. The van der Waals surface area contributed by atoms with Crippen LogP contribution >= 0.6 is 0 Å². The number of unbranched alkanes of at least 4 members (excludes halogenated alkanes) is 23. The molecule has 0 saturated heterocycles. The summed E-state index contributed by atoms with van der Waals surface area (Å²) < 4.78 is 6.00. The lowest BCUT2D eigenvalue weighted by molar-refractivity contribution is -0.150. The lowest BCUT2D eigenvalue weighted by Crippen LogP contribution is -2.28. The van der Waals surface area contributed by atoms with Crippen LogP contribution in [0.3, 0.4) is 0 Å². The van der Waals surface area contributed by atoms with Crippen molar-refractivity contribution in [2.75, 3.05) is 6.54 Å². The fourth-order valence-corrected chi connectivity index (χ4v) is 6.86. The summed E-state index contributed by atoms with van der Waals surface area (Å²) in [6, 6.07) is 0. The van der Waals surface area contributed by atoms with Crippen LogP contribution in [0.25, 0.3) is 0 Å². The summed E-state index contributed by atoms with van der Waals surface area (Å²) in [5.74, 6) is -1.28. The van der Waals surface area contributed by atoms with E-state index in [4.69, 9.17) is 9.84 Å². The Kier molecular flexibility index (Phi) is 42.0. The van der Waals surface area contributed by atoms with Gasteiger partial charge in [0.25, 0.3) is 0 Å². The quantitative estimate of drug-likeness (QED) is 0.0366. The number of carbonyl (C=O) groups excluding carboxylic acids is 2. The summed E-state index contributed by atoms with van der Waals surface area (Å²) in [6.45, 7) is 4.12. The Morgan fingerprint density at radius 2 is 0.891 bits per heavy atom. The van der Waals surface area contributed by atoms with E-state index in [1.54, 1.807) is 0 Å². The molecule has 0 aromatic rings. The van der Waals surface area contributed by atoms with E-state index in [1.165, 1.54) is 116 Å². The SMILES string of the molecule is CC/C=C\C/C=C\C/C=C\C/C=C\CCC(CCCCCCCC(=O)NCC(=O)O)OC(=O)CCCCCCCCCCCCCCCCCCCCCC. The van der Waals surface area contributed by atoms with Gasteiger partial charge in [0, 0.05) is 12.8 Å². The number of aliphatic carboxylic acids is 1. The zero-order valence-electron chi connectivity index (χ0n) is 36.0. The molecule has 318 valence electrons. The van der Waals surface area contributed by atoms with Gasteiger partial charge in [-0.2, -0.15) is 0 Å². The van der Waals surface area contributed by atoms with Gasteiger partial charge in [-0.1, -0.05) is 204 Å². The predicted octanol–water partition coefficient (Wildman–Crippen LogP) is 14.6. The van der Waals surface area contributed by atoms with Crippen molar-refractivity contribution in [3.63, 3.8) is 0 Å². The first-order chi connectivity index (χ1) is 27.0. The van der Waals surface area contributed by atoms with E-state index >= 15 is 0 Å². The number of amides is 1. The normalized spacial score (nSPS) is 12.5. The second-order valence-corrected chi connectivity index (χ2v) is 15.6. The monoisotopic (exact) mass is 770 g/mol. The molecule has 0 aromatic carbocycles. The molecule has 0 heterocycles. The standard InChI is InChI=1S/C49H87NO5/c1-3-5-7-9-11-13-15-17-18-19-20-21-22-23-25-27-29-31-36-40-44-49(54)55-46(42-38-34-32-35-39-43-47(51)50-45-48(52)53)41-37-33-30-28-26-24-16-14-12-10-8-6-4-2/h6,8,12,14,24,26,30,33,46H,3-5,7,9-11,13,15-23,25,27-29,31-32,34-45H2,1-2H3,(H,50,51)(H,52,53)/b8-6-,14-12-,26-24-,33-30-. The third-order valence-corrected chi connectivity index (χ3v) is 10.3. The zero-order chi connectivity index (χ0) is 40.1. The van der Waals surface area contributed by atoms with Crippen molar-refractivity contribution in [3.05, 3.63) is 48.6 Å². The first-order valence-corrected chi connectivity index (χ1v) is 23.3. The molecular weight excluding hydrogens is 683 g/mol. The Morgan fingerprint density at radius 1 is 0.491 bits per heavy atom. The van der Waals surface area contributed by atoms with E-state index in [1.807, 2.05) is 0 Å². The number of hydrogen-bond donors (Lipinski definition) is 2. The minimum Gasteiger partial charge on any atom is -0.480 e. The van der Waals surface area contributed by atoms with Gasteiger partial charge in [-0.05, 0) is 64.2 Å². The maximum atomic E-state index is 12.8. The Morgan fingerprint density at radius 3 is 1.35 bits per heavy atom. The Bertz CT molecular complexity index is 984. The third kappa shape index (κ3) is 44.0. The second-order valence-electron chi connectivity index (χ2n) is 15.6. The molecule has 0 rings (SSSR count). The molecule has 0 aromatic heterocycles. The Hall–Kier alpha value is -2.63. The van der Waals surface area contributed by atoms with Gasteiger partial charge in [-0.15, -0.1) is 0 Å². The second kappa shape index (κ2) is 44.1. The van der Waals surface area contributed by atoms with Gasteiger partial charge in [0.15, 0.2) is 0 Å². The first kappa shape index (κ1) is 52.4. The number of hydrogen-bond acceptors (Lipinski definition) is 4. The number of carbonyl (C=O) groups is 3. The molecule has 55 heavy (non-hydrogen) atoms. The van der Waals surface area contributed by atoms with Gasteiger partial charge < -0.3 is 15.2 Å². The third-order valence-electron chi connectivity index (χ3n) is 10.3. The van der Waals surface area contributed by atoms with Crippen LogP contribution in [0.1, 0.15) is 232 Å². The van der Waals surface area contributed by atoms with Crippen molar-refractivity contribution < 1.29 is 24.2 Å². The van der Waals surface area contributed by atoms with Crippen molar-refractivity contribution in [2.45, 2.75) is 238 Å². The topological polar surface area (TPSA) is 92.7 Å². The summed E-state index contributed by atoms with van der Waals surface area (Å²) >= 11 is 0. The highest BCUT2D eigenvalue weighted by Gasteiger charge is 2.14. The summed E-state index contributed by atoms with van der Waals surface area (Å²) in [6.07, 6.45) is 56.8. The number of ether oxygens (including phenoxy) is 1. The molecule has 0 spiro atoms. The number of nitrogens with one attached hydrogen (secondary N) is 1. The molecule has 0 aliphatic carbocycles. The average molecular weight is 770 g/mol. The maximum absolute atomic E-state index is 12.8. The van der Waals surface area contributed by atoms with Crippen molar-refractivity contribution in [1.82, 2.24) is 5.32 Å². The van der Waals surface area contributed by atoms with Gasteiger partial charge in [0.2, 0.25) is 5.91 Å². The van der Waals surface area contributed by atoms with E-state index in [9.17, 15) is 14.4 Å². The highest BCUT2D eigenvalue weighted by Crippen LogP contribution is 2.18. The average Bonchev–Trinajstić information content (AvgIpc) is 3.17. The number of rotatable bonds is 42. The van der Waals surface area contributed by atoms with Crippen LogP contribution < -0.4 is 5.32 Å².